The smallest absolute Gasteiger partial charge is 0.108 e. The molecule has 0 bridgehead atoms. The van der Waals surface area contributed by atoms with E-state index in [0.717, 1.165) is 25.9 Å². The van der Waals surface area contributed by atoms with Crippen molar-refractivity contribution in [3.05, 3.63) is 18.2 Å². The zero-order valence-electron chi connectivity index (χ0n) is 9.45. The third-order valence-corrected chi connectivity index (χ3v) is 2.18. The van der Waals surface area contributed by atoms with Crippen LogP contribution in [0.15, 0.2) is 12.4 Å². The second kappa shape index (κ2) is 5.81. The van der Waals surface area contributed by atoms with E-state index in [9.17, 15) is 0 Å². The normalized spacial score (nSPS) is 11.1. The van der Waals surface area contributed by atoms with Gasteiger partial charge in [-0.2, -0.15) is 0 Å². The molecule has 80 valence electrons. The lowest BCUT2D eigenvalue weighted by molar-refractivity contribution is 0.530. The van der Waals surface area contributed by atoms with Crippen LogP contribution in [0.5, 0.6) is 0 Å². The van der Waals surface area contributed by atoms with Gasteiger partial charge in [0.1, 0.15) is 5.82 Å². The van der Waals surface area contributed by atoms with Gasteiger partial charge in [-0.3, -0.25) is 0 Å². The van der Waals surface area contributed by atoms with Crippen molar-refractivity contribution in [2.75, 3.05) is 6.54 Å². The fraction of sp³-hybridized carbons (Fsp3) is 0.727. The number of imidazole rings is 1. The summed E-state index contributed by atoms with van der Waals surface area (Å²) in [5.41, 5.74) is 0. The van der Waals surface area contributed by atoms with Crippen LogP contribution in [0.3, 0.4) is 0 Å². The van der Waals surface area contributed by atoms with Crippen molar-refractivity contribution in [1.29, 1.82) is 0 Å². The van der Waals surface area contributed by atoms with Crippen LogP contribution in [-0.2, 0) is 13.0 Å². The average Bonchev–Trinajstić information content (AvgIpc) is 2.53. The number of nitrogens with zero attached hydrogens (tertiary/aromatic N) is 2. The van der Waals surface area contributed by atoms with Crippen LogP contribution in [0.25, 0.3) is 0 Å². The van der Waals surface area contributed by atoms with E-state index in [1.54, 1.807) is 0 Å². The van der Waals surface area contributed by atoms with Crippen molar-refractivity contribution in [2.24, 2.45) is 0 Å². The predicted molar refractivity (Wildman–Crippen MR) is 59.4 cm³/mol. The molecule has 1 aromatic rings. The molecule has 0 aromatic carbocycles. The first-order chi connectivity index (χ1) is 6.74. The van der Waals surface area contributed by atoms with E-state index in [1.807, 2.05) is 6.20 Å². The molecule has 0 aliphatic rings. The Morgan fingerprint density at radius 1 is 1.50 bits per heavy atom. The lowest BCUT2D eigenvalue weighted by atomic mass is 10.3. The van der Waals surface area contributed by atoms with E-state index < -0.39 is 0 Å². The van der Waals surface area contributed by atoms with Gasteiger partial charge in [0, 0.05) is 37.9 Å². The molecule has 0 spiro atoms. The first-order valence-corrected chi connectivity index (χ1v) is 5.47. The molecule has 0 atom stereocenters. The molecule has 0 fully saturated rings. The van der Waals surface area contributed by atoms with Gasteiger partial charge in [0.25, 0.3) is 0 Å². The molecule has 1 rings (SSSR count). The van der Waals surface area contributed by atoms with Crippen LogP contribution in [-0.4, -0.2) is 22.1 Å². The molecule has 0 radical (unpaired) electrons. The summed E-state index contributed by atoms with van der Waals surface area (Å²) in [5, 5.41) is 3.40. The second-order valence-electron chi connectivity index (χ2n) is 3.90. The Bertz CT molecular complexity index is 253. The molecule has 0 unspecified atom stereocenters. The Labute approximate surface area is 86.5 Å². The summed E-state index contributed by atoms with van der Waals surface area (Å²) < 4.78 is 2.24. The van der Waals surface area contributed by atoms with E-state index >= 15 is 0 Å². The highest BCUT2D eigenvalue weighted by molar-refractivity contribution is 4.92. The highest BCUT2D eigenvalue weighted by Crippen LogP contribution is 2.00. The fourth-order valence-corrected chi connectivity index (χ4v) is 1.47. The highest BCUT2D eigenvalue weighted by Gasteiger charge is 2.00. The Hall–Kier alpha value is -0.830. The summed E-state index contributed by atoms with van der Waals surface area (Å²) in [6, 6.07) is 0.563. The van der Waals surface area contributed by atoms with E-state index in [-0.39, 0.29) is 0 Å². The molecule has 1 N–H and O–H groups in total. The zero-order chi connectivity index (χ0) is 10.4. The quantitative estimate of drug-likeness (QED) is 0.750. The molecule has 1 heterocycles. The maximum atomic E-state index is 4.34. The fourth-order valence-electron chi connectivity index (χ4n) is 1.47. The topological polar surface area (TPSA) is 29.9 Å². The van der Waals surface area contributed by atoms with Crippen LogP contribution < -0.4 is 5.32 Å². The van der Waals surface area contributed by atoms with Gasteiger partial charge in [0.2, 0.25) is 0 Å². The largest absolute Gasteiger partial charge is 0.334 e. The Morgan fingerprint density at radius 3 is 2.93 bits per heavy atom. The summed E-state index contributed by atoms with van der Waals surface area (Å²) in [5.74, 6) is 1.21. The van der Waals surface area contributed by atoms with Crippen molar-refractivity contribution >= 4 is 0 Å². The summed E-state index contributed by atoms with van der Waals surface area (Å²) >= 11 is 0. The number of aryl methyl sites for hydroxylation is 1. The molecule has 3 heteroatoms. The summed E-state index contributed by atoms with van der Waals surface area (Å²) in [6.07, 6.45) is 6.19. The van der Waals surface area contributed by atoms with Gasteiger partial charge in [0.15, 0.2) is 0 Å². The SMILES string of the molecule is CCCc1nccn1CCNC(C)C. The molecule has 0 aliphatic heterocycles. The van der Waals surface area contributed by atoms with Crippen molar-refractivity contribution in [2.45, 2.75) is 46.2 Å². The minimum atomic E-state index is 0.563. The van der Waals surface area contributed by atoms with Crippen molar-refractivity contribution in [3.63, 3.8) is 0 Å². The van der Waals surface area contributed by atoms with Gasteiger partial charge in [-0.05, 0) is 6.42 Å². The lowest BCUT2D eigenvalue weighted by Gasteiger charge is -2.10. The van der Waals surface area contributed by atoms with Crippen LogP contribution >= 0.6 is 0 Å². The van der Waals surface area contributed by atoms with Gasteiger partial charge in [-0.15, -0.1) is 0 Å². The minimum absolute atomic E-state index is 0.563. The van der Waals surface area contributed by atoms with E-state index in [2.05, 4.69) is 41.8 Å². The molecule has 1 aromatic heterocycles. The molecular weight excluding hydrogens is 174 g/mol. The van der Waals surface area contributed by atoms with Crippen molar-refractivity contribution in [3.8, 4) is 0 Å². The predicted octanol–water partition coefficient (Wildman–Crippen LogP) is 1.83. The minimum Gasteiger partial charge on any atom is -0.334 e. The highest BCUT2D eigenvalue weighted by atomic mass is 15.1. The van der Waals surface area contributed by atoms with Gasteiger partial charge in [-0.1, -0.05) is 20.8 Å². The molecular formula is C11H21N3. The summed E-state index contributed by atoms with van der Waals surface area (Å²) in [6.45, 7) is 8.56. The number of aromatic nitrogens is 2. The van der Waals surface area contributed by atoms with Crippen molar-refractivity contribution in [1.82, 2.24) is 14.9 Å². The van der Waals surface area contributed by atoms with E-state index in [4.69, 9.17) is 0 Å². The number of rotatable bonds is 6. The van der Waals surface area contributed by atoms with Gasteiger partial charge >= 0.3 is 0 Å². The van der Waals surface area contributed by atoms with Crippen LogP contribution in [0, 0.1) is 0 Å². The summed E-state index contributed by atoms with van der Waals surface area (Å²) in [7, 11) is 0. The third kappa shape index (κ3) is 3.50. The van der Waals surface area contributed by atoms with Gasteiger partial charge in [-0.25, -0.2) is 4.98 Å². The molecule has 0 aliphatic carbocycles. The Balaban J connectivity index is 2.37. The monoisotopic (exact) mass is 195 g/mol. The van der Waals surface area contributed by atoms with Crippen molar-refractivity contribution < 1.29 is 0 Å². The Morgan fingerprint density at radius 2 is 2.29 bits per heavy atom. The molecule has 3 nitrogen and oxygen atoms in total. The first kappa shape index (κ1) is 11.2. The lowest BCUT2D eigenvalue weighted by Crippen LogP contribution is -2.27. The molecule has 0 amide bonds. The van der Waals surface area contributed by atoms with E-state index in [1.165, 1.54) is 5.82 Å². The maximum Gasteiger partial charge on any atom is 0.108 e. The summed E-state index contributed by atoms with van der Waals surface area (Å²) in [4.78, 5) is 4.34. The van der Waals surface area contributed by atoms with Gasteiger partial charge in [0.05, 0.1) is 0 Å². The molecule has 0 saturated carbocycles. The van der Waals surface area contributed by atoms with Crippen LogP contribution in [0.2, 0.25) is 0 Å². The van der Waals surface area contributed by atoms with E-state index in [0.29, 0.717) is 6.04 Å². The number of hydrogen-bond acceptors (Lipinski definition) is 2. The number of hydrogen-bond donors (Lipinski definition) is 1. The molecule has 0 saturated heterocycles. The zero-order valence-corrected chi connectivity index (χ0v) is 9.45. The van der Waals surface area contributed by atoms with Crippen LogP contribution in [0.4, 0.5) is 0 Å². The average molecular weight is 195 g/mol. The maximum absolute atomic E-state index is 4.34. The number of nitrogens with one attached hydrogen (secondary N) is 1. The standard InChI is InChI=1S/C11H21N3/c1-4-5-11-13-7-9-14(11)8-6-12-10(2)3/h7,9-10,12H,4-6,8H2,1-3H3. The molecule has 14 heavy (non-hydrogen) atoms. The second-order valence-corrected chi connectivity index (χ2v) is 3.90. The Kier molecular flexibility index (Phi) is 4.66. The first-order valence-electron chi connectivity index (χ1n) is 5.47. The van der Waals surface area contributed by atoms with Crippen LogP contribution in [0.1, 0.15) is 33.0 Å². The third-order valence-electron chi connectivity index (χ3n) is 2.18. The van der Waals surface area contributed by atoms with Gasteiger partial charge < -0.3 is 9.88 Å².